The lowest BCUT2D eigenvalue weighted by Crippen LogP contribution is -2.41. The average Bonchev–Trinajstić information content (AvgIpc) is 2.43. The van der Waals surface area contributed by atoms with Crippen molar-refractivity contribution in [2.75, 3.05) is 6.61 Å². The monoisotopic (exact) mass is 405 g/mol. The first-order valence-electron chi connectivity index (χ1n) is 6.39. The maximum Gasteiger partial charge on any atom is 0.326 e. The van der Waals surface area contributed by atoms with E-state index in [0.29, 0.717) is 5.56 Å². The highest BCUT2D eigenvalue weighted by molar-refractivity contribution is 14.1. The SMILES string of the molecule is CCOC(=O)CC[C@H](NC(=O)c1cccc(I)c1)C(=O)O. The van der Waals surface area contributed by atoms with E-state index in [2.05, 4.69) is 27.9 Å². The minimum Gasteiger partial charge on any atom is -0.480 e. The van der Waals surface area contributed by atoms with E-state index >= 15 is 0 Å². The number of benzene rings is 1. The largest absolute Gasteiger partial charge is 0.480 e. The summed E-state index contributed by atoms with van der Waals surface area (Å²) in [5.74, 6) is -2.14. The van der Waals surface area contributed by atoms with Crippen molar-refractivity contribution >= 4 is 40.4 Å². The number of hydrogen-bond acceptors (Lipinski definition) is 4. The fourth-order valence-corrected chi connectivity index (χ4v) is 2.17. The topological polar surface area (TPSA) is 92.7 Å². The number of carbonyl (C=O) groups is 3. The predicted octanol–water partition coefficient (Wildman–Crippen LogP) is 1.82. The van der Waals surface area contributed by atoms with E-state index in [-0.39, 0.29) is 19.4 Å². The number of nitrogens with one attached hydrogen (secondary N) is 1. The van der Waals surface area contributed by atoms with Gasteiger partial charge >= 0.3 is 11.9 Å². The van der Waals surface area contributed by atoms with Crippen molar-refractivity contribution in [1.82, 2.24) is 5.32 Å². The van der Waals surface area contributed by atoms with Gasteiger partial charge in [0.25, 0.3) is 5.91 Å². The quantitative estimate of drug-likeness (QED) is 0.534. The molecule has 1 aromatic rings. The van der Waals surface area contributed by atoms with Crippen LogP contribution in [0.4, 0.5) is 0 Å². The first kappa shape index (κ1) is 17.4. The molecule has 0 saturated heterocycles. The van der Waals surface area contributed by atoms with Crippen LogP contribution in [0, 0.1) is 3.57 Å². The summed E-state index contributed by atoms with van der Waals surface area (Å²) in [6.45, 7) is 1.91. The average molecular weight is 405 g/mol. The molecule has 21 heavy (non-hydrogen) atoms. The normalized spacial score (nSPS) is 11.5. The molecule has 1 amide bonds. The Bertz CT molecular complexity index is 532. The smallest absolute Gasteiger partial charge is 0.326 e. The van der Waals surface area contributed by atoms with Gasteiger partial charge in [0.1, 0.15) is 6.04 Å². The van der Waals surface area contributed by atoms with E-state index < -0.39 is 23.9 Å². The van der Waals surface area contributed by atoms with Gasteiger partial charge in [-0.3, -0.25) is 9.59 Å². The Morgan fingerprint density at radius 3 is 2.67 bits per heavy atom. The predicted molar refractivity (Wildman–Crippen MR) is 83.9 cm³/mol. The summed E-state index contributed by atoms with van der Waals surface area (Å²) in [6.07, 6.45) is -0.0682. The zero-order chi connectivity index (χ0) is 15.8. The molecule has 0 unspecified atom stereocenters. The van der Waals surface area contributed by atoms with Gasteiger partial charge in [-0.2, -0.15) is 0 Å². The molecule has 0 spiro atoms. The lowest BCUT2D eigenvalue weighted by atomic mass is 10.1. The number of carboxylic acids is 1. The van der Waals surface area contributed by atoms with Crippen LogP contribution < -0.4 is 5.32 Å². The van der Waals surface area contributed by atoms with Crippen LogP contribution in [0.5, 0.6) is 0 Å². The van der Waals surface area contributed by atoms with Gasteiger partial charge < -0.3 is 15.2 Å². The highest BCUT2D eigenvalue weighted by atomic mass is 127. The van der Waals surface area contributed by atoms with E-state index in [9.17, 15) is 14.4 Å². The molecular weight excluding hydrogens is 389 g/mol. The maximum absolute atomic E-state index is 12.0. The zero-order valence-corrected chi connectivity index (χ0v) is 13.6. The van der Waals surface area contributed by atoms with Crippen molar-refractivity contribution < 1.29 is 24.2 Å². The second-order valence-electron chi connectivity index (χ2n) is 4.22. The van der Waals surface area contributed by atoms with Crippen molar-refractivity contribution in [3.63, 3.8) is 0 Å². The molecule has 1 atom stereocenters. The zero-order valence-electron chi connectivity index (χ0n) is 11.5. The molecule has 0 fully saturated rings. The van der Waals surface area contributed by atoms with Gasteiger partial charge in [0.2, 0.25) is 0 Å². The Labute approximate surface area is 136 Å². The van der Waals surface area contributed by atoms with Crippen molar-refractivity contribution in [1.29, 1.82) is 0 Å². The summed E-state index contributed by atoms with van der Waals surface area (Å²) >= 11 is 2.06. The Hall–Kier alpha value is -1.64. The van der Waals surface area contributed by atoms with Crippen LogP contribution in [0.15, 0.2) is 24.3 Å². The molecule has 1 aromatic carbocycles. The van der Waals surface area contributed by atoms with Crippen molar-refractivity contribution in [3.05, 3.63) is 33.4 Å². The van der Waals surface area contributed by atoms with E-state index in [1.807, 2.05) is 6.07 Å². The van der Waals surface area contributed by atoms with Gasteiger partial charge in [-0.1, -0.05) is 6.07 Å². The van der Waals surface area contributed by atoms with Crippen molar-refractivity contribution in [2.45, 2.75) is 25.8 Å². The lowest BCUT2D eigenvalue weighted by Gasteiger charge is -2.14. The van der Waals surface area contributed by atoms with Crippen molar-refractivity contribution in [3.8, 4) is 0 Å². The van der Waals surface area contributed by atoms with Gasteiger partial charge in [-0.15, -0.1) is 0 Å². The van der Waals surface area contributed by atoms with Crippen LogP contribution >= 0.6 is 22.6 Å². The second-order valence-corrected chi connectivity index (χ2v) is 5.46. The number of ether oxygens (including phenoxy) is 1. The Balaban J connectivity index is 2.64. The molecule has 0 bridgehead atoms. The number of esters is 1. The van der Waals surface area contributed by atoms with Crippen LogP contribution in [0.3, 0.4) is 0 Å². The first-order chi connectivity index (χ1) is 9.93. The number of amides is 1. The highest BCUT2D eigenvalue weighted by Gasteiger charge is 2.22. The van der Waals surface area contributed by atoms with E-state index in [1.165, 1.54) is 0 Å². The van der Waals surface area contributed by atoms with Crippen LogP contribution in [0.1, 0.15) is 30.1 Å². The van der Waals surface area contributed by atoms with Gasteiger partial charge in [-0.05, 0) is 54.1 Å². The molecule has 0 aromatic heterocycles. The minimum absolute atomic E-state index is 0.0101. The Morgan fingerprint density at radius 1 is 1.38 bits per heavy atom. The summed E-state index contributed by atoms with van der Waals surface area (Å²) in [7, 11) is 0. The summed E-state index contributed by atoms with van der Waals surface area (Å²) in [5.41, 5.74) is 0.379. The van der Waals surface area contributed by atoms with Crippen LogP contribution in [-0.4, -0.2) is 35.6 Å². The summed E-state index contributed by atoms with van der Waals surface area (Å²) in [4.78, 5) is 34.4. The molecule has 0 aliphatic carbocycles. The molecule has 114 valence electrons. The van der Waals surface area contributed by atoms with E-state index in [1.54, 1.807) is 25.1 Å². The molecule has 0 aliphatic rings. The third kappa shape index (κ3) is 6.11. The van der Waals surface area contributed by atoms with Gasteiger partial charge in [-0.25, -0.2) is 4.79 Å². The lowest BCUT2D eigenvalue weighted by molar-refractivity contribution is -0.144. The number of aliphatic carboxylic acids is 1. The highest BCUT2D eigenvalue weighted by Crippen LogP contribution is 2.09. The number of carbonyl (C=O) groups excluding carboxylic acids is 2. The molecule has 2 N–H and O–H groups in total. The van der Waals surface area contributed by atoms with Gasteiger partial charge in [0.15, 0.2) is 0 Å². The number of rotatable bonds is 7. The van der Waals surface area contributed by atoms with Gasteiger partial charge in [0, 0.05) is 15.6 Å². The fraction of sp³-hybridized carbons (Fsp3) is 0.357. The molecule has 0 radical (unpaired) electrons. The molecular formula is C14H16INO5. The molecule has 1 rings (SSSR count). The minimum atomic E-state index is -1.18. The Morgan fingerprint density at radius 2 is 2.10 bits per heavy atom. The third-order valence-electron chi connectivity index (χ3n) is 2.63. The second kappa shape index (κ2) is 8.60. The molecule has 0 saturated carbocycles. The van der Waals surface area contributed by atoms with Crippen LogP contribution in [0.25, 0.3) is 0 Å². The standard InChI is InChI=1S/C14H16INO5/c1-2-21-12(17)7-6-11(14(19)20)16-13(18)9-4-3-5-10(15)8-9/h3-5,8,11H,2,6-7H2,1H3,(H,16,18)(H,19,20)/t11-/m0/s1. The maximum atomic E-state index is 12.0. The van der Waals surface area contributed by atoms with Crippen LogP contribution in [0.2, 0.25) is 0 Å². The fourth-order valence-electron chi connectivity index (χ4n) is 1.62. The summed E-state index contributed by atoms with van der Waals surface area (Å²) < 4.78 is 5.61. The number of halogens is 1. The number of hydrogen-bond donors (Lipinski definition) is 2. The Kier molecular flexibility index (Phi) is 7.13. The molecule has 0 heterocycles. The number of carboxylic acid groups (broad SMARTS) is 1. The molecule has 0 aliphatic heterocycles. The molecule has 6 nitrogen and oxygen atoms in total. The van der Waals surface area contributed by atoms with E-state index in [0.717, 1.165) is 3.57 Å². The summed E-state index contributed by atoms with van der Waals surface area (Å²) in [6, 6.07) is 5.67. The van der Waals surface area contributed by atoms with Crippen LogP contribution in [-0.2, 0) is 14.3 Å². The summed E-state index contributed by atoms with van der Waals surface area (Å²) in [5, 5.41) is 11.5. The van der Waals surface area contributed by atoms with Gasteiger partial charge in [0.05, 0.1) is 6.61 Å². The van der Waals surface area contributed by atoms with E-state index in [4.69, 9.17) is 9.84 Å². The third-order valence-corrected chi connectivity index (χ3v) is 3.30. The van der Waals surface area contributed by atoms with Crippen molar-refractivity contribution in [2.24, 2.45) is 0 Å². The first-order valence-corrected chi connectivity index (χ1v) is 7.46. The molecule has 7 heteroatoms.